The second-order valence-corrected chi connectivity index (χ2v) is 3.45. The Kier molecular flexibility index (Phi) is 7.28. The van der Waals surface area contributed by atoms with Gasteiger partial charge in [-0.3, -0.25) is 10.0 Å². The molecular formula is C12H19NO2. The van der Waals surface area contributed by atoms with Crippen LogP contribution in [0.2, 0.25) is 0 Å². The average Bonchev–Trinajstić information content (AvgIpc) is 2.26. The monoisotopic (exact) mass is 209 g/mol. The molecule has 3 heteroatoms. The van der Waals surface area contributed by atoms with Gasteiger partial charge in [-0.25, -0.2) is 5.48 Å². The van der Waals surface area contributed by atoms with Gasteiger partial charge in [0.15, 0.2) is 0 Å². The van der Waals surface area contributed by atoms with Crippen LogP contribution in [0.25, 0.3) is 0 Å². The van der Waals surface area contributed by atoms with Crippen molar-refractivity contribution in [2.24, 2.45) is 5.92 Å². The summed E-state index contributed by atoms with van der Waals surface area (Å²) in [6.45, 7) is 11.0. The zero-order valence-electron chi connectivity index (χ0n) is 9.04. The summed E-state index contributed by atoms with van der Waals surface area (Å²) in [6, 6.07) is 0. The molecule has 0 spiro atoms. The summed E-state index contributed by atoms with van der Waals surface area (Å²) >= 11 is 0. The first-order valence-corrected chi connectivity index (χ1v) is 5.00. The summed E-state index contributed by atoms with van der Waals surface area (Å²) in [7, 11) is 0. The van der Waals surface area contributed by atoms with Crippen molar-refractivity contribution in [3.8, 4) is 0 Å². The molecule has 84 valence electrons. The molecule has 0 rings (SSSR count). The van der Waals surface area contributed by atoms with Crippen LogP contribution < -0.4 is 5.48 Å². The van der Waals surface area contributed by atoms with Gasteiger partial charge >= 0.3 is 0 Å². The molecule has 1 unspecified atom stereocenters. The van der Waals surface area contributed by atoms with Crippen LogP contribution >= 0.6 is 0 Å². The first-order chi connectivity index (χ1) is 7.15. The Hall–Kier alpha value is -1.35. The van der Waals surface area contributed by atoms with Crippen LogP contribution in [-0.2, 0) is 4.79 Å². The summed E-state index contributed by atoms with van der Waals surface area (Å²) in [5.74, 6) is -0.552. The fraction of sp³-hybridized carbons (Fsp3) is 0.417. The van der Waals surface area contributed by atoms with Crippen LogP contribution in [-0.4, -0.2) is 11.1 Å². The molecular weight excluding hydrogens is 190 g/mol. The molecule has 0 aromatic carbocycles. The fourth-order valence-electron chi connectivity index (χ4n) is 1.33. The predicted molar refractivity (Wildman–Crippen MR) is 61.4 cm³/mol. The van der Waals surface area contributed by atoms with E-state index in [-0.39, 0.29) is 11.8 Å². The van der Waals surface area contributed by atoms with E-state index < -0.39 is 0 Å². The van der Waals surface area contributed by atoms with E-state index in [1.807, 2.05) is 0 Å². The quantitative estimate of drug-likeness (QED) is 0.279. The van der Waals surface area contributed by atoms with Crippen molar-refractivity contribution in [1.29, 1.82) is 0 Å². The molecule has 0 aromatic rings. The van der Waals surface area contributed by atoms with Crippen LogP contribution in [0.3, 0.4) is 0 Å². The van der Waals surface area contributed by atoms with Crippen LogP contribution in [0.15, 0.2) is 37.5 Å². The Bertz CT molecular complexity index is 246. The maximum absolute atomic E-state index is 11.2. The van der Waals surface area contributed by atoms with Crippen molar-refractivity contribution in [3.63, 3.8) is 0 Å². The summed E-state index contributed by atoms with van der Waals surface area (Å²) in [6.07, 6.45) is 6.38. The highest BCUT2D eigenvalue weighted by molar-refractivity contribution is 5.77. The van der Waals surface area contributed by atoms with Gasteiger partial charge in [-0.05, 0) is 25.7 Å². The molecule has 0 radical (unpaired) electrons. The number of hydrogen-bond acceptors (Lipinski definition) is 2. The number of amides is 1. The third kappa shape index (κ3) is 5.86. The molecule has 0 bridgehead atoms. The third-order valence-corrected chi connectivity index (χ3v) is 2.27. The minimum Gasteiger partial charge on any atom is -0.289 e. The van der Waals surface area contributed by atoms with Crippen LogP contribution in [0.1, 0.15) is 25.7 Å². The lowest BCUT2D eigenvalue weighted by Gasteiger charge is -2.12. The lowest BCUT2D eigenvalue weighted by Crippen LogP contribution is -2.27. The molecule has 1 atom stereocenters. The smallest absolute Gasteiger partial charge is 0.246 e. The van der Waals surface area contributed by atoms with Crippen LogP contribution in [0, 0.1) is 5.92 Å². The SMILES string of the molecule is C=CCC(CCCC(=C)C=C)C(=O)NO. The lowest BCUT2D eigenvalue weighted by molar-refractivity contribution is -0.133. The number of rotatable bonds is 8. The van der Waals surface area contributed by atoms with E-state index in [0.29, 0.717) is 12.8 Å². The molecule has 0 fully saturated rings. The molecule has 0 heterocycles. The molecule has 2 N–H and O–H groups in total. The molecule has 3 nitrogen and oxygen atoms in total. The Morgan fingerprint density at radius 3 is 2.60 bits per heavy atom. The highest BCUT2D eigenvalue weighted by atomic mass is 16.5. The van der Waals surface area contributed by atoms with Crippen LogP contribution in [0.5, 0.6) is 0 Å². The van der Waals surface area contributed by atoms with Gasteiger partial charge in [0.1, 0.15) is 0 Å². The maximum Gasteiger partial charge on any atom is 0.246 e. The van der Waals surface area contributed by atoms with Crippen molar-refractivity contribution < 1.29 is 10.0 Å². The number of allylic oxidation sites excluding steroid dienone is 3. The van der Waals surface area contributed by atoms with Crippen LogP contribution in [0.4, 0.5) is 0 Å². The van der Waals surface area contributed by atoms with Crippen molar-refractivity contribution in [2.45, 2.75) is 25.7 Å². The van der Waals surface area contributed by atoms with Crippen molar-refractivity contribution in [2.75, 3.05) is 0 Å². The second-order valence-electron chi connectivity index (χ2n) is 3.45. The van der Waals surface area contributed by atoms with Crippen molar-refractivity contribution >= 4 is 5.91 Å². The van der Waals surface area contributed by atoms with Crippen molar-refractivity contribution in [1.82, 2.24) is 5.48 Å². The van der Waals surface area contributed by atoms with Gasteiger partial charge in [-0.2, -0.15) is 0 Å². The summed E-state index contributed by atoms with van der Waals surface area (Å²) in [5.41, 5.74) is 2.64. The predicted octanol–water partition coefficient (Wildman–Crippen LogP) is 2.60. The molecule has 0 aliphatic rings. The van der Waals surface area contributed by atoms with E-state index in [0.717, 1.165) is 18.4 Å². The number of carbonyl (C=O) groups excluding carboxylic acids is 1. The van der Waals surface area contributed by atoms with E-state index in [1.165, 1.54) is 0 Å². The maximum atomic E-state index is 11.2. The van der Waals surface area contributed by atoms with Gasteiger partial charge in [0.25, 0.3) is 0 Å². The Morgan fingerprint density at radius 1 is 1.47 bits per heavy atom. The minimum absolute atomic E-state index is 0.204. The topological polar surface area (TPSA) is 49.3 Å². The van der Waals surface area contributed by atoms with Gasteiger partial charge in [-0.15, -0.1) is 6.58 Å². The van der Waals surface area contributed by atoms with E-state index in [2.05, 4.69) is 19.7 Å². The Labute approximate surface area is 91.1 Å². The number of carbonyl (C=O) groups is 1. The van der Waals surface area contributed by atoms with Gasteiger partial charge in [0.2, 0.25) is 5.91 Å². The normalized spacial score (nSPS) is 11.5. The summed E-state index contributed by atoms with van der Waals surface area (Å²) < 4.78 is 0. The van der Waals surface area contributed by atoms with Gasteiger partial charge in [0, 0.05) is 5.92 Å². The highest BCUT2D eigenvalue weighted by Gasteiger charge is 2.15. The van der Waals surface area contributed by atoms with Crippen molar-refractivity contribution in [3.05, 3.63) is 37.5 Å². The van der Waals surface area contributed by atoms with E-state index in [9.17, 15) is 4.79 Å². The first-order valence-electron chi connectivity index (χ1n) is 5.00. The first kappa shape index (κ1) is 13.7. The molecule has 0 saturated heterocycles. The minimum atomic E-state index is -0.348. The Morgan fingerprint density at radius 2 is 2.13 bits per heavy atom. The molecule has 0 aliphatic carbocycles. The lowest BCUT2D eigenvalue weighted by atomic mass is 9.96. The Balaban J connectivity index is 3.95. The zero-order chi connectivity index (χ0) is 11.7. The molecule has 0 aromatic heterocycles. The molecule has 15 heavy (non-hydrogen) atoms. The summed E-state index contributed by atoms with van der Waals surface area (Å²) in [4.78, 5) is 11.2. The summed E-state index contributed by atoms with van der Waals surface area (Å²) in [5, 5.41) is 8.52. The average molecular weight is 209 g/mol. The number of hydrogen-bond donors (Lipinski definition) is 2. The van der Waals surface area contributed by atoms with Gasteiger partial charge in [0.05, 0.1) is 0 Å². The van der Waals surface area contributed by atoms with Gasteiger partial charge in [-0.1, -0.05) is 30.9 Å². The number of nitrogens with one attached hydrogen (secondary N) is 1. The van der Waals surface area contributed by atoms with E-state index >= 15 is 0 Å². The molecule has 1 amide bonds. The second kappa shape index (κ2) is 8.00. The molecule has 0 saturated carbocycles. The molecule has 0 aliphatic heterocycles. The van der Waals surface area contributed by atoms with E-state index in [4.69, 9.17) is 5.21 Å². The number of hydroxylamine groups is 1. The highest BCUT2D eigenvalue weighted by Crippen LogP contribution is 2.16. The standard InChI is InChI=1S/C12H19NO2/c1-4-7-11(12(14)13-15)9-6-8-10(3)5-2/h4-5,11,15H,1-3,6-9H2,(H,13,14). The third-order valence-electron chi connectivity index (χ3n) is 2.27. The van der Waals surface area contributed by atoms with Gasteiger partial charge < -0.3 is 0 Å². The largest absolute Gasteiger partial charge is 0.289 e. The fourth-order valence-corrected chi connectivity index (χ4v) is 1.33. The zero-order valence-corrected chi connectivity index (χ0v) is 9.04. The van der Waals surface area contributed by atoms with E-state index in [1.54, 1.807) is 17.6 Å².